The molecular weight excluding hydrogens is 382 g/mol. The van der Waals surface area contributed by atoms with E-state index in [4.69, 9.17) is 16.3 Å². The number of carbonyl (C=O) groups excluding carboxylic acids is 1. The molecule has 0 bridgehead atoms. The second-order valence-electron chi connectivity index (χ2n) is 6.58. The number of carbonyl (C=O) groups is 1. The topological polar surface area (TPSA) is 56.2 Å². The summed E-state index contributed by atoms with van der Waals surface area (Å²) in [5.74, 6) is 0.841. The van der Waals surface area contributed by atoms with Crippen molar-refractivity contribution in [3.8, 4) is 5.75 Å². The number of rotatable bonds is 4. The van der Waals surface area contributed by atoms with E-state index in [9.17, 15) is 4.79 Å². The molecule has 5 nitrogen and oxygen atoms in total. The number of hydrogen-bond acceptors (Lipinski definition) is 4. The number of imidazole rings is 1. The van der Waals surface area contributed by atoms with Crippen LogP contribution in [0, 0.1) is 0 Å². The minimum Gasteiger partial charge on any atom is -0.493 e. The molecule has 7 heteroatoms. The highest BCUT2D eigenvalue weighted by molar-refractivity contribution is 8.00. The molecule has 2 aromatic carbocycles. The van der Waals surface area contributed by atoms with Crippen LogP contribution >= 0.6 is 23.4 Å². The number of aryl methyl sites for hydroxylation is 1. The lowest BCUT2D eigenvalue weighted by atomic mass is 10.0. The normalized spacial score (nSPS) is 17.2. The average molecular weight is 402 g/mol. The fraction of sp³-hybridized carbons (Fsp3) is 0.300. The minimum absolute atomic E-state index is 0.00760. The van der Waals surface area contributed by atoms with Gasteiger partial charge in [-0.05, 0) is 31.2 Å². The predicted octanol–water partition coefficient (Wildman–Crippen LogP) is 4.35. The van der Waals surface area contributed by atoms with Crippen molar-refractivity contribution in [3.63, 3.8) is 0 Å². The second kappa shape index (κ2) is 7.44. The van der Waals surface area contributed by atoms with Crippen molar-refractivity contribution < 1.29 is 9.53 Å². The van der Waals surface area contributed by atoms with Gasteiger partial charge in [-0.3, -0.25) is 4.79 Å². The van der Waals surface area contributed by atoms with E-state index in [1.54, 1.807) is 0 Å². The molecule has 0 saturated heterocycles. The molecule has 1 aromatic heterocycles. The van der Waals surface area contributed by atoms with Gasteiger partial charge in [-0.1, -0.05) is 41.6 Å². The van der Waals surface area contributed by atoms with Gasteiger partial charge in [0.2, 0.25) is 5.91 Å². The molecule has 0 fully saturated rings. The monoisotopic (exact) mass is 401 g/mol. The van der Waals surface area contributed by atoms with Crippen molar-refractivity contribution in [1.82, 2.24) is 14.9 Å². The van der Waals surface area contributed by atoms with Crippen LogP contribution < -0.4 is 10.1 Å². The maximum atomic E-state index is 12.8. The summed E-state index contributed by atoms with van der Waals surface area (Å²) in [7, 11) is 1.95. The number of thioether (sulfide) groups is 1. The predicted molar refractivity (Wildman–Crippen MR) is 108 cm³/mol. The van der Waals surface area contributed by atoms with Gasteiger partial charge in [-0.15, -0.1) is 0 Å². The Bertz CT molecular complexity index is 1000. The van der Waals surface area contributed by atoms with E-state index >= 15 is 0 Å². The highest BCUT2D eigenvalue weighted by Gasteiger charge is 2.26. The molecule has 2 heterocycles. The van der Waals surface area contributed by atoms with Crippen molar-refractivity contribution in [1.29, 1.82) is 0 Å². The van der Waals surface area contributed by atoms with Crippen LogP contribution in [0.5, 0.6) is 5.75 Å². The summed E-state index contributed by atoms with van der Waals surface area (Å²) in [6.07, 6.45) is 0.769. The third kappa shape index (κ3) is 3.64. The number of hydrogen-bond donors (Lipinski definition) is 1. The van der Waals surface area contributed by atoms with Gasteiger partial charge in [-0.2, -0.15) is 0 Å². The number of nitrogens with zero attached hydrogens (tertiary/aromatic N) is 2. The third-order valence-corrected chi connectivity index (χ3v) is 6.11. The van der Waals surface area contributed by atoms with Gasteiger partial charge in [0.15, 0.2) is 5.16 Å². The number of para-hydroxylation sites is 1. The fourth-order valence-corrected chi connectivity index (χ4v) is 4.31. The van der Waals surface area contributed by atoms with Crippen LogP contribution in [0.15, 0.2) is 47.6 Å². The van der Waals surface area contributed by atoms with E-state index in [1.807, 2.05) is 61.0 Å². The molecule has 3 aromatic rings. The zero-order valence-electron chi connectivity index (χ0n) is 15.1. The molecule has 0 aliphatic carbocycles. The van der Waals surface area contributed by atoms with Gasteiger partial charge in [0, 0.05) is 24.1 Å². The molecule has 0 saturated carbocycles. The van der Waals surface area contributed by atoms with Crippen molar-refractivity contribution in [3.05, 3.63) is 53.1 Å². The van der Waals surface area contributed by atoms with Gasteiger partial charge in [0.25, 0.3) is 0 Å². The first-order valence-corrected chi connectivity index (χ1v) is 10.1. The van der Waals surface area contributed by atoms with Gasteiger partial charge >= 0.3 is 0 Å². The molecule has 0 spiro atoms. The molecule has 140 valence electrons. The molecule has 27 heavy (non-hydrogen) atoms. The third-order valence-electron chi connectivity index (χ3n) is 4.73. The maximum absolute atomic E-state index is 12.8. The second-order valence-corrected chi connectivity index (χ2v) is 8.33. The maximum Gasteiger partial charge on any atom is 0.233 e. The van der Waals surface area contributed by atoms with E-state index in [1.165, 1.54) is 11.8 Å². The molecule has 0 radical (unpaired) electrons. The first-order chi connectivity index (χ1) is 13.0. The Balaban J connectivity index is 1.48. The van der Waals surface area contributed by atoms with Gasteiger partial charge < -0.3 is 14.6 Å². The lowest BCUT2D eigenvalue weighted by Gasteiger charge is -2.27. The smallest absolute Gasteiger partial charge is 0.233 e. The summed E-state index contributed by atoms with van der Waals surface area (Å²) < 4.78 is 7.66. The highest BCUT2D eigenvalue weighted by Crippen LogP contribution is 2.33. The standard InChI is InChI=1S/C20H20ClN3O2S/c1-12(27-20-23-16-11-13(21)7-8-17(16)24(20)2)19(25)22-15-9-10-26-18-6-4-3-5-14(15)18/h3-8,11-12,15H,9-10H2,1-2H3,(H,22,25)/t12-,15-/m0/s1. The van der Waals surface area contributed by atoms with Crippen LogP contribution in [0.2, 0.25) is 5.02 Å². The summed E-state index contributed by atoms with van der Waals surface area (Å²) in [4.78, 5) is 17.4. The van der Waals surface area contributed by atoms with Crippen LogP contribution in [0.3, 0.4) is 0 Å². The Kier molecular flexibility index (Phi) is 5.02. The average Bonchev–Trinajstić information content (AvgIpc) is 2.96. The Hall–Kier alpha value is -2.18. The number of ether oxygens (including phenoxy) is 1. The molecule has 2 atom stereocenters. The first-order valence-electron chi connectivity index (χ1n) is 8.83. The number of fused-ring (bicyclic) bond motifs is 2. The number of benzene rings is 2. The van der Waals surface area contributed by atoms with Crippen molar-refractivity contribution in [2.75, 3.05) is 6.61 Å². The molecule has 0 unspecified atom stereocenters. The van der Waals surface area contributed by atoms with Gasteiger partial charge in [0.05, 0.1) is 28.9 Å². The number of aromatic nitrogens is 2. The van der Waals surface area contributed by atoms with Gasteiger partial charge in [0.1, 0.15) is 5.75 Å². The van der Waals surface area contributed by atoms with Crippen LogP contribution in [-0.2, 0) is 11.8 Å². The Morgan fingerprint density at radius 3 is 3.04 bits per heavy atom. The fourth-order valence-electron chi connectivity index (χ4n) is 3.25. The largest absolute Gasteiger partial charge is 0.493 e. The van der Waals surface area contributed by atoms with Crippen molar-refractivity contribution in [2.24, 2.45) is 7.05 Å². The number of nitrogens with one attached hydrogen (secondary N) is 1. The molecule has 1 N–H and O–H groups in total. The number of halogens is 1. The summed E-state index contributed by atoms with van der Waals surface area (Å²) in [6.45, 7) is 2.51. The van der Waals surface area contributed by atoms with E-state index in [2.05, 4.69) is 10.3 Å². The quantitative estimate of drug-likeness (QED) is 0.660. The van der Waals surface area contributed by atoms with Gasteiger partial charge in [-0.25, -0.2) is 4.98 Å². The Morgan fingerprint density at radius 1 is 1.37 bits per heavy atom. The van der Waals surface area contributed by atoms with Crippen LogP contribution in [0.25, 0.3) is 11.0 Å². The van der Waals surface area contributed by atoms with Crippen LogP contribution in [0.4, 0.5) is 0 Å². The zero-order valence-corrected chi connectivity index (χ0v) is 16.7. The number of amides is 1. The van der Waals surface area contributed by atoms with E-state index in [0.717, 1.165) is 33.9 Å². The lowest BCUT2D eigenvalue weighted by Crippen LogP contribution is -2.36. The minimum atomic E-state index is -0.272. The Labute approximate surface area is 167 Å². The van der Waals surface area contributed by atoms with Crippen LogP contribution in [0.1, 0.15) is 24.9 Å². The summed E-state index contributed by atoms with van der Waals surface area (Å²) in [5.41, 5.74) is 2.86. The summed E-state index contributed by atoms with van der Waals surface area (Å²) in [5, 5.41) is 4.33. The van der Waals surface area contributed by atoms with E-state index in [-0.39, 0.29) is 17.2 Å². The first kappa shape index (κ1) is 18.2. The van der Waals surface area contributed by atoms with Crippen molar-refractivity contribution >= 4 is 40.3 Å². The molecule has 4 rings (SSSR count). The molecular formula is C20H20ClN3O2S. The summed E-state index contributed by atoms with van der Waals surface area (Å²) in [6, 6.07) is 13.5. The molecule has 1 aliphatic heterocycles. The van der Waals surface area contributed by atoms with E-state index in [0.29, 0.717) is 11.6 Å². The SMILES string of the molecule is C[C@H](Sc1nc2cc(Cl)ccc2n1C)C(=O)N[C@H]1CCOc2ccccc21. The lowest BCUT2D eigenvalue weighted by molar-refractivity contribution is -0.121. The van der Waals surface area contributed by atoms with Crippen LogP contribution in [-0.4, -0.2) is 27.3 Å². The highest BCUT2D eigenvalue weighted by atomic mass is 35.5. The zero-order chi connectivity index (χ0) is 19.0. The molecule has 1 amide bonds. The molecule has 1 aliphatic rings. The van der Waals surface area contributed by atoms with E-state index < -0.39 is 0 Å². The Morgan fingerprint density at radius 2 is 2.19 bits per heavy atom. The summed E-state index contributed by atoms with van der Waals surface area (Å²) >= 11 is 7.50. The van der Waals surface area contributed by atoms with Crippen molar-refractivity contribution in [2.45, 2.75) is 29.8 Å².